The van der Waals surface area contributed by atoms with Gasteiger partial charge in [-0.25, -0.2) is 8.42 Å². The third kappa shape index (κ3) is 2.24. The lowest BCUT2D eigenvalue weighted by Gasteiger charge is -2.17. The van der Waals surface area contributed by atoms with E-state index in [2.05, 4.69) is 0 Å². The molecule has 17 heavy (non-hydrogen) atoms. The lowest BCUT2D eigenvalue weighted by Crippen LogP contribution is -2.25. The number of carbonyl (C=O) groups is 1. The zero-order valence-corrected chi connectivity index (χ0v) is 9.99. The van der Waals surface area contributed by atoms with E-state index < -0.39 is 22.7 Å². The van der Waals surface area contributed by atoms with Crippen LogP contribution in [0.4, 0.5) is 5.69 Å². The predicted octanol–water partition coefficient (Wildman–Crippen LogP) is 1.47. The van der Waals surface area contributed by atoms with Crippen LogP contribution in [0.3, 0.4) is 0 Å². The van der Waals surface area contributed by atoms with Crippen LogP contribution in [-0.4, -0.2) is 27.6 Å². The van der Waals surface area contributed by atoms with Gasteiger partial charge in [0, 0.05) is 23.8 Å². The summed E-state index contributed by atoms with van der Waals surface area (Å²) in [6.07, 6.45) is 4.12. The molecule has 90 valence electrons. The third-order valence-corrected chi connectivity index (χ3v) is 3.62. The summed E-state index contributed by atoms with van der Waals surface area (Å²) in [6, 6.07) is 4.03. The van der Waals surface area contributed by atoms with Crippen LogP contribution in [0, 0.1) is 0 Å². The number of hydrogen-bond acceptors (Lipinski definition) is 3. The summed E-state index contributed by atoms with van der Waals surface area (Å²) in [5.41, 5.74) is 0.589. The summed E-state index contributed by atoms with van der Waals surface area (Å²) < 4.78 is 45.4. The number of sulfone groups is 1. The Kier molecular flexibility index (Phi) is 1.99. The topological polar surface area (TPSA) is 54.5 Å². The largest absolute Gasteiger partial charge is 0.315 e. The van der Waals surface area contributed by atoms with Gasteiger partial charge in [0.1, 0.15) is 0 Å². The molecule has 5 heteroatoms. The van der Waals surface area contributed by atoms with Crippen LogP contribution in [0.5, 0.6) is 0 Å². The standard InChI is InChI=1S/C12H13NO3S/c1-13-11-7-6-10(17(2,15)16)8-9(11)4-3-5-12(13)14/h3-4,6-8H,5H2,1-2H3/i1D3. The van der Waals surface area contributed by atoms with Crippen molar-refractivity contribution in [3.05, 3.63) is 29.8 Å². The van der Waals surface area contributed by atoms with Crippen molar-refractivity contribution in [1.82, 2.24) is 0 Å². The van der Waals surface area contributed by atoms with Crippen molar-refractivity contribution in [3.63, 3.8) is 0 Å². The van der Waals surface area contributed by atoms with Crippen LogP contribution in [0.25, 0.3) is 6.08 Å². The van der Waals surface area contributed by atoms with Crippen LogP contribution in [0.2, 0.25) is 0 Å². The fourth-order valence-corrected chi connectivity index (χ4v) is 2.27. The Morgan fingerprint density at radius 2 is 2.18 bits per heavy atom. The first-order chi connectivity index (χ1) is 9.10. The van der Waals surface area contributed by atoms with Gasteiger partial charge < -0.3 is 4.90 Å². The molecule has 1 aliphatic heterocycles. The molecular formula is C12H13NO3S. The Morgan fingerprint density at radius 1 is 1.41 bits per heavy atom. The van der Waals surface area contributed by atoms with Crippen LogP contribution in [-0.2, 0) is 14.6 Å². The van der Waals surface area contributed by atoms with Gasteiger partial charge in [-0.2, -0.15) is 0 Å². The van der Waals surface area contributed by atoms with E-state index in [0.717, 1.165) is 11.2 Å². The van der Waals surface area contributed by atoms with Gasteiger partial charge in [-0.3, -0.25) is 4.79 Å². The molecule has 0 radical (unpaired) electrons. The zero-order valence-electron chi connectivity index (χ0n) is 12.2. The summed E-state index contributed by atoms with van der Waals surface area (Å²) >= 11 is 0. The molecule has 0 aromatic heterocycles. The second kappa shape index (κ2) is 4.00. The molecule has 1 aliphatic rings. The fraction of sp³-hybridized carbons (Fsp3) is 0.250. The third-order valence-electron chi connectivity index (χ3n) is 2.51. The molecule has 0 atom stereocenters. The predicted molar refractivity (Wildman–Crippen MR) is 66.6 cm³/mol. The number of amides is 1. The molecule has 1 heterocycles. The van der Waals surface area contributed by atoms with Gasteiger partial charge in [-0.05, 0) is 23.8 Å². The van der Waals surface area contributed by atoms with Crippen molar-refractivity contribution < 1.29 is 17.3 Å². The van der Waals surface area contributed by atoms with Crippen LogP contribution >= 0.6 is 0 Å². The number of rotatable bonds is 1. The molecular weight excluding hydrogens is 238 g/mol. The molecule has 0 saturated heterocycles. The maximum absolute atomic E-state index is 11.9. The number of nitrogens with zero attached hydrogens (tertiary/aromatic N) is 1. The van der Waals surface area contributed by atoms with Crippen molar-refractivity contribution in [2.75, 3.05) is 18.1 Å². The molecule has 0 N–H and O–H groups in total. The van der Waals surface area contributed by atoms with Crippen molar-refractivity contribution in [2.45, 2.75) is 11.3 Å². The van der Waals surface area contributed by atoms with Crippen LogP contribution in [0.1, 0.15) is 16.1 Å². The van der Waals surface area contributed by atoms with E-state index in [4.69, 9.17) is 4.11 Å². The van der Waals surface area contributed by atoms with Gasteiger partial charge in [0.2, 0.25) is 5.91 Å². The van der Waals surface area contributed by atoms with Gasteiger partial charge in [0.05, 0.1) is 10.6 Å². The summed E-state index contributed by atoms with van der Waals surface area (Å²) in [5, 5.41) is 0. The number of carbonyl (C=O) groups excluding carboxylic acids is 1. The molecule has 0 fully saturated rings. The molecule has 4 nitrogen and oxygen atoms in total. The highest BCUT2D eigenvalue weighted by atomic mass is 32.2. The Balaban J connectivity index is 2.65. The summed E-state index contributed by atoms with van der Waals surface area (Å²) in [5.74, 6) is -0.549. The molecule has 0 aliphatic carbocycles. The Morgan fingerprint density at radius 3 is 2.82 bits per heavy atom. The monoisotopic (exact) mass is 254 g/mol. The Labute approximate surface area is 105 Å². The Hall–Kier alpha value is -1.62. The van der Waals surface area contributed by atoms with E-state index in [-0.39, 0.29) is 17.0 Å². The zero-order chi connectivity index (χ0) is 15.1. The molecule has 0 bridgehead atoms. The summed E-state index contributed by atoms with van der Waals surface area (Å²) in [4.78, 5) is 12.7. The highest BCUT2D eigenvalue weighted by molar-refractivity contribution is 7.90. The lowest BCUT2D eigenvalue weighted by molar-refractivity contribution is -0.117. The average molecular weight is 254 g/mol. The van der Waals surface area contributed by atoms with Crippen LogP contribution in [0.15, 0.2) is 29.2 Å². The first-order valence-corrected chi connectivity index (χ1v) is 6.83. The van der Waals surface area contributed by atoms with Crippen LogP contribution < -0.4 is 4.90 Å². The second-order valence-electron chi connectivity index (χ2n) is 3.83. The van der Waals surface area contributed by atoms with Gasteiger partial charge in [-0.15, -0.1) is 0 Å². The summed E-state index contributed by atoms with van der Waals surface area (Å²) in [7, 11) is -3.39. The maximum atomic E-state index is 11.9. The minimum atomic E-state index is -3.39. The fourth-order valence-electron chi connectivity index (χ4n) is 1.61. The van der Waals surface area contributed by atoms with Gasteiger partial charge >= 0.3 is 0 Å². The number of anilines is 1. The average Bonchev–Trinajstić information content (AvgIpc) is 2.43. The number of hydrogen-bond donors (Lipinski definition) is 0. The smallest absolute Gasteiger partial charge is 0.230 e. The molecule has 1 amide bonds. The molecule has 0 spiro atoms. The summed E-state index contributed by atoms with van der Waals surface area (Å²) in [6.45, 7) is -2.61. The SMILES string of the molecule is [2H]C([2H])([2H])N1C(=O)CC=Cc2cc(S(C)(=O)=O)ccc21. The van der Waals surface area contributed by atoms with E-state index in [0.29, 0.717) is 5.56 Å². The first kappa shape index (κ1) is 8.47. The minimum Gasteiger partial charge on any atom is -0.315 e. The van der Waals surface area contributed by atoms with Gasteiger partial charge in [-0.1, -0.05) is 12.2 Å². The highest BCUT2D eigenvalue weighted by Crippen LogP contribution is 2.27. The molecule has 1 aromatic carbocycles. The first-order valence-electron chi connectivity index (χ1n) is 6.44. The van der Waals surface area contributed by atoms with Gasteiger partial charge in [0.15, 0.2) is 9.84 Å². The van der Waals surface area contributed by atoms with E-state index in [1.807, 2.05) is 0 Å². The van der Waals surface area contributed by atoms with E-state index in [1.54, 1.807) is 6.08 Å². The molecule has 0 saturated carbocycles. The van der Waals surface area contributed by atoms with Crippen molar-refractivity contribution in [1.29, 1.82) is 0 Å². The van der Waals surface area contributed by atoms with Gasteiger partial charge in [0.25, 0.3) is 0 Å². The molecule has 1 aromatic rings. The number of fused-ring (bicyclic) bond motifs is 1. The van der Waals surface area contributed by atoms with Crippen molar-refractivity contribution in [3.8, 4) is 0 Å². The normalized spacial score (nSPS) is 19.0. The molecule has 0 unspecified atom stereocenters. The quantitative estimate of drug-likeness (QED) is 0.762. The Bertz CT molecular complexity index is 692. The second-order valence-corrected chi connectivity index (χ2v) is 5.84. The van der Waals surface area contributed by atoms with Crippen molar-refractivity contribution >= 4 is 27.5 Å². The lowest BCUT2D eigenvalue weighted by atomic mass is 10.1. The maximum Gasteiger partial charge on any atom is 0.230 e. The minimum absolute atomic E-state index is 0.0404. The molecule has 2 rings (SSSR count). The highest BCUT2D eigenvalue weighted by Gasteiger charge is 2.17. The van der Waals surface area contributed by atoms with E-state index in [1.165, 1.54) is 24.3 Å². The number of benzene rings is 1. The van der Waals surface area contributed by atoms with E-state index in [9.17, 15) is 13.2 Å². The van der Waals surface area contributed by atoms with Crippen molar-refractivity contribution in [2.24, 2.45) is 0 Å². The van der Waals surface area contributed by atoms with E-state index >= 15 is 0 Å².